The van der Waals surface area contributed by atoms with Crippen LogP contribution in [0.3, 0.4) is 0 Å². The van der Waals surface area contributed by atoms with Gasteiger partial charge in [-0.15, -0.1) is 0 Å². The third kappa shape index (κ3) is 1.75. The van der Waals surface area contributed by atoms with Gasteiger partial charge in [-0.2, -0.15) is 4.98 Å². The number of anilines is 1. The smallest absolute Gasteiger partial charge is 0.224 e. The Bertz CT molecular complexity index is 341. The molecular weight excluding hydrogens is 202 g/mol. The molecule has 5 heteroatoms. The van der Waals surface area contributed by atoms with Crippen molar-refractivity contribution in [2.75, 3.05) is 19.1 Å². The second kappa shape index (κ2) is 3.61. The average molecular weight is 214 g/mol. The maximum atomic E-state index is 5.74. The van der Waals surface area contributed by atoms with Gasteiger partial charge in [-0.05, 0) is 24.4 Å². The molecule has 0 aromatic carbocycles. The van der Waals surface area contributed by atoms with E-state index in [1.54, 1.807) is 13.3 Å². The number of ether oxygens (including phenoxy) is 1. The van der Waals surface area contributed by atoms with Crippen molar-refractivity contribution < 1.29 is 4.74 Å². The van der Waals surface area contributed by atoms with Crippen LogP contribution in [-0.4, -0.2) is 30.2 Å². The van der Waals surface area contributed by atoms with E-state index in [0.29, 0.717) is 11.8 Å². The molecule has 0 unspecified atom stereocenters. The van der Waals surface area contributed by atoms with Crippen molar-refractivity contribution in [1.29, 1.82) is 0 Å². The van der Waals surface area contributed by atoms with Crippen molar-refractivity contribution in [2.45, 2.75) is 18.9 Å². The highest BCUT2D eigenvalue weighted by atomic mass is 35.5. The molecule has 0 bridgehead atoms. The number of methoxy groups -OCH3 is 1. The molecule has 0 radical (unpaired) electrons. The molecule has 0 saturated heterocycles. The molecule has 0 atom stereocenters. The van der Waals surface area contributed by atoms with Gasteiger partial charge in [-0.3, -0.25) is 0 Å². The Morgan fingerprint density at radius 3 is 2.86 bits per heavy atom. The van der Waals surface area contributed by atoms with Gasteiger partial charge in [0.25, 0.3) is 0 Å². The van der Waals surface area contributed by atoms with E-state index in [2.05, 4.69) is 14.9 Å². The number of rotatable bonds is 3. The molecule has 1 fully saturated rings. The predicted octanol–water partition coefficient (Wildman–Crippen LogP) is 1.74. The first-order chi connectivity index (χ1) is 6.72. The van der Waals surface area contributed by atoms with E-state index < -0.39 is 0 Å². The van der Waals surface area contributed by atoms with Crippen LogP contribution in [-0.2, 0) is 0 Å². The number of nitrogens with zero attached hydrogens (tertiary/aromatic N) is 3. The quantitative estimate of drug-likeness (QED) is 0.717. The minimum absolute atomic E-state index is 0.258. The summed E-state index contributed by atoms with van der Waals surface area (Å²) in [6, 6.07) is 0.579. The summed E-state index contributed by atoms with van der Waals surface area (Å²) < 4.78 is 5.17. The minimum Gasteiger partial charge on any atom is -0.491 e. The summed E-state index contributed by atoms with van der Waals surface area (Å²) >= 11 is 5.74. The molecule has 1 aromatic heterocycles. The molecule has 1 saturated carbocycles. The molecule has 2 rings (SSSR count). The largest absolute Gasteiger partial charge is 0.491 e. The molecule has 0 amide bonds. The SMILES string of the molecule is COc1cnc(Cl)nc1N(C)C1CC1. The zero-order chi connectivity index (χ0) is 10.1. The molecule has 1 aliphatic carbocycles. The Labute approximate surface area is 87.9 Å². The van der Waals surface area contributed by atoms with Gasteiger partial charge in [0.2, 0.25) is 5.28 Å². The fraction of sp³-hybridized carbons (Fsp3) is 0.556. The van der Waals surface area contributed by atoms with Crippen LogP contribution in [0.25, 0.3) is 0 Å². The predicted molar refractivity (Wildman–Crippen MR) is 55.0 cm³/mol. The van der Waals surface area contributed by atoms with E-state index in [1.807, 2.05) is 7.05 Å². The summed E-state index contributed by atoms with van der Waals surface area (Å²) in [4.78, 5) is 10.1. The second-order valence-electron chi connectivity index (χ2n) is 3.37. The molecule has 0 aliphatic heterocycles. The summed E-state index contributed by atoms with van der Waals surface area (Å²) in [5, 5.41) is 0.258. The van der Waals surface area contributed by atoms with E-state index >= 15 is 0 Å². The van der Waals surface area contributed by atoms with Crippen LogP contribution in [0.15, 0.2) is 6.20 Å². The summed E-state index contributed by atoms with van der Waals surface area (Å²) in [7, 11) is 3.61. The van der Waals surface area contributed by atoms with Crippen molar-refractivity contribution >= 4 is 17.4 Å². The van der Waals surface area contributed by atoms with Crippen LogP contribution in [0.2, 0.25) is 5.28 Å². The topological polar surface area (TPSA) is 38.3 Å². The Hall–Kier alpha value is -1.03. The summed E-state index contributed by atoms with van der Waals surface area (Å²) in [5.74, 6) is 1.44. The molecule has 1 aromatic rings. The lowest BCUT2D eigenvalue weighted by molar-refractivity contribution is 0.410. The molecule has 0 N–H and O–H groups in total. The lowest BCUT2D eigenvalue weighted by Crippen LogP contribution is -2.21. The van der Waals surface area contributed by atoms with Crippen LogP contribution in [0.4, 0.5) is 5.82 Å². The molecular formula is C9H12ClN3O. The third-order valence-electron chi connectivity index (χ3n) is 2.36. The van der Waals surface area contributed by atoms with Gasteiger partial charge in [0, 0.05) is 13.1 Å². The first kappa shape index (κ1) is 9.52. The number of halogens is 1. The van der Waals surface area contributed by atoms with Crippen LogP contribution >= 0.6 is 11.6 Å². The highest BCUT2D eigenvalue weighted by Gasteiger charge is 2.29. The van der Waals surface area contributed by atoms with E-state index in [9.17, 15) is 0 Å². The Morgan fingerprint density at radius 1 is 1.57 bits per heavy atom. The number of aromatic nitrogens is 2. The Kier molecular flexibility index (Phi) is 2.46. The van der Waals surface area contributed by atoms with Gasteiger partial charge >= 0.3 is 0 Å². The first-order valence-electron chi connectivity index (χ1n) is 4.51. The van der Waals surface area contributed by atoms with Crippen molar-refractivity contribution in [2.24, 2.45) is 0 Å². The number of hydrogen-bond acceptors (Lipinski definition) is 4. The molecule has 14 heavy (non-hydrogen) atoms. The van der Waals surface area contributed by atoms with Gasteiger partial charge in [0.05, 0.1) is 13.3 Å². The maximum absolute atomic E-state index is 5.74. The molecule has 4 nitrogen and oxygen atoms in total. The van der Waals surface area contributed by atoms with Gasteiger partial charge in [-0.1, -0.05) is 0 Å². The van der Waals surface area contributed by atoms with Crippen LogP contribution in [0, 0.1) is 0 Å². The van der Waals surface area contributed by atoms with Crippen LogP contribution in [0.5, 0.6) is 5.75 Å². The molecule has 0 spiro atoms. The lowest BCUT2D eigenvalue weighted by atomic mass is 10.4. The van der Waals surface area contributed by atoms with Crippen molar-refractivity contribution in [3.8, 4) is 5.75 Å². The monoisotopic (exact) mass is 213 g/mol. The van der Waals surface area contributed by atoms with Crippen LogP contribution in [0.1, 0.15) is 12.8 Å². The van der Waals surface area contributed by atoms with Crippen molar-refractivity contribution in [3.63, 3.8) is 0 Å². The van der Waals surface area contributed by atoms with Crippen LogP contribution < -0.4 is 9.64 Å². The summed E-state index contributed by atoms with van der Waals surface area (Å²) in [6.45, 7) is 0. The van der Waals surface area contributed by atoms with E-state index in [0.717, 1.165) is 5.82 Å². The third-order valence-corrected chi connectivity index (χ3v) is 2.54. The Morgan fingerprint density at radius 2 is 2.29 bits per heavy atom. The molecule has 1 aliphatic rings. The normalized spacial score (nSPS) is 15.4. The van der Waals surface area contributed by atoms with E-state index in [-0.39, 0.29) is 5.28 Å². The lowest BCUT2D eigenvalue weighted by Gasteiger charge is -2.19. The second-order valence-corrected chi connectivity index (χ2v) is 3.71. The zero-order valence-electron chi connectivity index (χ0n) is 8.20. The highest BCUT2D eigenvalue weighted by Crippen LogP contribution is 2.34. The average Bonchev–Trinajstić information content (AvgIpc) is 3.00. The zero-order valence-corrected chi connectivity index (χ0v) is 8.95. The number of hydrogen-bond donors (Lipinski definition) is 0. The minimum atomic E-state index is 0.258. The fourth-order valence-electron chi connectivity index (χ4n) is 1.37. The van der Waals surface area contributed by atoms with E-state index in [1.165, 1.54) is 12.8 Å². The van der Waals surface area contributed by atoms with E-state index in [4.69, 9.17) is 16.3 Å². The highest BCUT2D eigenvalue weighted by molar-refractivity contribution is 6.28. The fourth-order valence-corrected chi connectivity index (χ4v) is 1.50. The summed E-state index contributed by atoms with van der Waals surface area (Å²) in [6.07, 6.45) is 4.02. The van der Waals surface area contributed by atoms with Gasteiger partial charge in [-0.25, -0.2) is 4.98 Å². The van der Waals surface area contributed by atoms with Gasteiger partial charge < -0.3 is 9.64 Å². The van der Waals surface area contributed by atoms with Crippen molar-refractivity contribution in [3.05, 3.63) is 11.5 Å². The Balaban J connectivity index is 2.32. The maximum Gasteiger partial charge on any atom is 0.224 e. The first-order valence-corrected chi connectivity index (χ1v) is 4.89. The van der Waals surface area contributed by atoms with Gasteiger partial charge in [0.1, 0.15) is 0 Å². The van der Waals surface area contributed by atoms with Crippen molar-refractivity contribution in [1.82, 2.24) is 9.97 Å². The van der Waals surface area contributed by atoms with Gasteiger partial charge in [0.15, 0.2) is 11.6 Å². The molecule has 1 heterocycles. The standard InChI is InChI=1S/C9H12ClN3O/c1-13(6-3-4-6)8-7(14-2)5-11-9(10)12-8/h5-6H,3-4H2,1-2H3. The summed E-state index contributed by atoms with van der Waals surface area (Å²) in [5.41, 5.74) is 0. The molecule has 76 valence electrons.